The minimum absolute atomic E-state index is 0.0928. The fourth-order valence-electron chi connectivity index (χ4n) is 1.94. The van der Waals surface area contributed by atoms with Crippen LogP contribution in [0.25, 0.3) is 0 Å². The fraction of sp³-hybridized carbons (Fsp3) is 0.200. The monoisotopic (exact) mass is 326 g/mol. The van der Waals surface area contributed by atoms with Crippen molar-refractivity contribution in [2.75, 3.05) is 14.2 Å². The van der Waals surface area contributed by atoms with Crippen LogP contribution in [0.2, 0.25) is 5.02 Å². The second-order valence-electron chi connectivity index (χ2n) is 4.57. The Bertz CT molecular complexity index is 690. The number of halogens is 3. The van der Waals surface area contributed by atoms with E-state index in [1.165, 1.54) is 32.5 Å². The summed E-state index contributed by atoms with van der Waals surface area (Å²) in [6.45, 7) is -0.229. The molecule has 0 aliphatic rings. The van der Waals surface area contributed by atoms with E-state index in [9.17, 15) is 13.6 Å². The molecule has 1 aromatic carbocycles. The number of carbonyl (C=O) groups is 1. The van der Waals surface area contributed by atoms with Gasteiger partial charge in [0.15, 0.2) is 0 Å². The first-order chi connectivity index (χ1) is 10.4. The Morgan fingerprint density at radius 2 is 2.00 bits per heavy atom. The van der Waals surface area contributed by atoms with E-state index in [2.05, 4.69) is 4.98 Å². The fourth-order valence-corrected chi connectivity index (χ4v) is 2.10. The molecule has 0 spiro atoms. The lowest BCUT2D eigenvalue weighted by atomic mass is 10.1. The van der Waals surface area contributed by atoms with Crippen LogP contribution in [0.1, 0.15) is 15.9 Å². The normalized spacial score (nSPS) is 10.4. The van der Waals surface area contributed by atoms with Crippen LogP contribution in [-0.4, -0.2) is 29.9 Å². The molecule has 0 aliphatic heterocycles. The number of hydrogen-bond donors (Lipinski definition) is 0. The minimum Gasteiger partial charge on any atom is -0.480 e. The largest absolute Gasteiger partial charge is 0.480 e. The molecule has 0 bridgehead atoms. The molecule has 22 heavy (non-hydrogen) atoms. The number of rotatable bonds is 4. The standard InChI is InChI=1S/C15H13ClF2N2O2/c1-20(8-11-12(17)4-3-5-13(11)18)15(21)10-6-9(16)7-19-14(10)22-2/h3-7H,8H2,1-2H3. The Kier molecular flexibility index (Phi) is 4.92. The third-order valence-corrected chi connectivity index (χ3v) is 3.25. The summed E-state index contributed by atoms with van der Waals surface area (Å²) in [5.41, 5.74) is -0.0680. The highest BCUT2D eigenvalue weighted by atomic mass is 35.5. The van der Waals surface area contributed by atoms with E-state index in [0.29, 0.717) is 0 Å². The molecule has 1 aromatic heterocycles. The smallest absolute Gasteiger partial charge is 0.259 e. The maximum absolute atomic E-state index is 13.7. The zero-order chi connectivity index (χ0) is 16.3. The summed E-state index contributed by atoms with van der Waals surface area (Å²) < 4.78 is 32.3. The maximum atomic E-state index is 13.7. The molecule has 0 fully saturated rings. The Hall–Kier alpha value is -2.21. The molecule has 2 rings (SSSR count). The average Bonchev–Trinajstić information content (AvgIpc) is 2.50. The van der Waals surface area contributed by atoms with Gasteiger partial charge in [-0.15, -0.1) is 0 Å². The van der Waals surface area contributed by atoms with Gasteiger partial charge in [0.2, 0.25) is 5.88 Å². The summed E-state index contributed by atoms with van der Waals surface area (Å²) in [5, 5.41) is 0.259. The van der Waals surface area contributed by atoms with Crippen molar-refractivity contribution in [1.29, 1.82) is 0 Å². The van der Waals surface area contributed by atoms with E-state index in [-0.39, 0.29) is 28.6 Å². The molecule has 0 unspecified atom stereocenters. The number of aromatic nitrogens is 1. The molecule has 0 N–H and O–H groups in total. The van der Waals surface area contributed by atoms with Gasteiger partial charge in [-0.3, -0.25) is 4.79 Å². The quantitative estimate of drug-likeness (QED) is 0.866. The number of ether oxygens (including phenoxy) is 1. The van der Waals surface area contributed by atoms with Crippen molar-refractivity contribution >= 4 is 17.5 Å². The number of amides is 1. The predicted molar refractivity (Wildman–Crippen MR) is 78.0 cm³/mol. The van der Waals surface area contributed by atoms with Crippen molar-refractivity contribution in [3.63, 3.8) is 0 Å². The number of benzene rings is 1. The molecule has 116 valence electrons. The topological polar surface area (TPSA) is 42.4 Å². The van der Waals surface area contributed by atoms with Gasteiger partial charge < -0.3 is 9.64 Å². The number of carbonyl (C=O) groups excluding carboxylic acids is 1. The SMILES string of the molecule is COc1ncc(Cl)cc1C(=O)N(C)Cc1c(F)cccc1F. The molecular formula is C15H13ClF2N2O2. The second kappa shape index (κ2) is 6.70. The summed E-state index contributed by atoms with van der Waals surface area (Å²) in [7, 11) is 2.79. The van der Waals surface area contributed by atoms with Crippen LogP contribution >= 0.6 is 11.6 Å². The second-order valence-corrected chi connectivity index (χ2v) is 5.01. The van der Waals surface area contributed by atoms with E-state index in [0.717, 1.165) is 17.0 Å². The van der Waals surface area contributed by atoms with Gasteiger partial charge in [0.1, 0.15) is 17.2 Å². The van der Waals surface area contributed by atoms with Crippen molar-refractivity contribution in [2.24, 2.45) is 0 Å². The van der Waals surface area contributed by atoms with Crippen LogP contribution in [0.15, 0.2) is 30.5 Å². The highest BCUT2D eigenvalue weighted by Crippen LogP contribution is 2.22. The average molecular weight is 327 g/mol. The summed E-state index contributed by atoms with van der Waals surface area (Å²) in [5.74, 6) is -1.84. The van der Waals surface area contributed by atoms with E-state index in [1.54, 1.807) is 0 Å². The van der Waals surface area contributed by atoms with Crippen LogP contribution in [0.3, 0.4) is 0 Å². The summed E-state index contributed by atoms with van der Waals surface area (Å²) in [4.78, 5) is 17.5. The first-order valence-corrected chi connectivity index (χ1v) is 6.69. The van der Waals surface area contributed by atoms with Gasteiger partial charge >= 0.3 is 0 Å². The number of hydrogen-bond acceptors (Lipinski definition) is 3. The van der Waals surface area contributed by atoms with Crippen molar-refractivity contribution in [3.8, 4) is 5.88 Å². The highest BCUT2D eigenvalue weighted by Gasteiger charge is 2.20. The minimum atomic E-state index is -0.712. The molecule has 2 aromatic rings. The van der Waals surface area contributed by atoms with E-state index < -0.39 is 17.5 Å². The van der Waals surface area contributed by atoms with E-state index in [4.69, 9.17) is 16.3 Å². The number of pyridine rings is 1. The third kappa shape index (κ3) is 3.33. The van der Waals surface area contributed by atoms with Gasteiger partial charge in [-0.2, -0.15) is 0 Å². The van der Waals surface area contributed by atoms with Crippen LogP contribution in [0.4, 0.5) is 8.78 Å². The van der Waals surface area contributed by atoms with Crippen LogP contribution in [-0.2, 0) is 6.54 Å². The molecule has 1 amide bonds. The van der Waals surface area contributed by atoms with Crippen LogP contribution in [0, 0.1) is 11.6 Å². The summed E-state index contributed by atoms with van der Waals surface area (Å²) >= 11 is 5.82. The van der Waals surface area contributed by atoms with Gasteiger partial charge in [0.25, 0.3) is 5.91 Å². The number of nitrogens with zero attached hydrogens (tertiary/aromatic N) is 2. The zero-order valence-electron chi connectivity index (χ0n) is 11.9. The van der Waals surface area contributed by atoms with Gasteiger partial charge in [0.05, 0.1) is 18.7 Å². The van der Waals surface area contributed by atoms with Crippen LogP contribution in [0.5, 0.6) is 5.88 Å². The molecule has 4 nitrogen and oxygen atoms in total. The lowest BCUT2D eigenvalue weighted by molar-refractivity contribution is 0.0778. The van der Waals surface area contributed by atoms with Crippen molar-refractivity contribution < 1.29 is 18.3 Å². The first-order valence-electron chi connectivity index (χ1n) is 6.32. The molecule has 0 radical (unpaired) electrons. The highest BCUT2D eigenvalue weighted by molar-refractivity contribution is 6.30. The molecule has 0 aliphatic carbocycles. The lowest BCUT2D eigenvalue weighted by Crippen LogP contribution is -2.27. The van der Waals surface area contributed by atoms with Gasteiger partial charge in [0, 0.05) is 18.8 Å². The Labute approximate surface area is 131 Å². The Balaban J connectivity index is 2.28. The lowest BCUT2D eigenvalue weighted by Gasteiger charge is -2.19. The summed E-state index contributed by atoms with van der Waals surface area (Å²) in [6.07, 6.45) is 1.34. The number of methoxy groups -OCH3 is 1. The van der Waals surface area contributed by atoms with Crippen LogP contribution < -0.4 is 4.74 Å². The van der Waals surface area contributed by atoms with E-state index >= 15 is 0 Å². The molecule has 1 heterocycles. The molecule has 0 atom stereocenters. The van der Waals surface area contributed by atoms with Gasteiger partial charge in [-0.1, -0.05) is 17.7 Å². The van der Waals surface area contributed by atoms with Crippen molar-refractivity contribution in [1.82, 2.24) is 9.88 Å². The molecule has 7 heteroatoms. The zero-order valence-corrected chi connectivity index (χ0v) is 12.7. The van der Waals surface area contributed by atoms with Gasteiger partial charge in [-0.05, 0) is 18.2 Å². The Morgan fingerprint density at radius 3 is 2.59 bits per heavy atom. The van der Waals surface area contributed by atoms with Gasteiger partial charge in [-0.25, -0.2) is 13.8 Å². The van der Waals surface area contributed by atoms with Crippen molar-refractivity contribution in [2.45, 2.75) is 6.54 Å². The van der Waals surface area contributed by atoms with E-state index in [1.807, 2.05) is 0 Å². The molecule has 0 saturated carbocycles. The molecule has 0 saturated heterocycles. The predicted octanol–water partition coefficient (Wildman–Crippen LogP) is 3.29. The molecular weight excluding hydrogens is 314 g/mol. The maximum Gasteiger partial charge on any atom is 0.259 e. The first kappa shape index (κ1) is 16.2. The van der Waals surface area contributed by atoms with Crippen molar-refractivity contribution in [3.05, 3.63) is 58.2 Å². The Morgan fingerprint density at radius 1 is 1.36 bits per heavy atom. The third-order valence-electron chi connectivity index (χ3n) is 3.05. The summed E-state index contributed by atoms with van der Waals surface area (Å²) in [6, 6.07) is 4.93.